The van der Waals surface area contributed by atoms with Crippen LogP contribution in [0.5, 0.6) is 0 Å². The van der Waals surface area contributed by atoms with Gasteiger partial charge in [0.15, 0.2) is 11.6 Å². The fourth-order valence-corrected chi connectivity index (χ4v) is 6.15. The van der Waals surface area contributed by atoms with Gasteiger partial charge in [0, 0.05) is 11.8 Å². The van der Waals surface area contributed by atoms with Crippen molar-refractivity contribution in [3.63, 3.8) is 0 Å². The third-order valence-electron chi connectivity index (χ3n) is 3.89. The van der Waals surface area contributed by atoms with Crippen molar-refractivity contribution >= 4 is 43.4 Å². The first kappa shape index (κ1) is 9.52. The second-order valence-corrected chi connectivity index (χ2v) is 7.91. The number of hydrogen-bond donors (Lipinski definition) is 0. The minimum absolute atomic E-state index is 0.110. The first-order valence-electron chi connectivity index (χ1n) is 4.91. The lowest BCUT2D eigenvalue weighted by Gasteiger charge is -2.55. The van der Waals surface area contributed by atoms with E-state index in [0.717, 1.165) is 6.42 Å². The Balaban J connectivity index is 2.11. The Hall–Kier alpha value is 0.300. The summed E-state index contributed by atoms with van der Waals surface area (Å²) in [6, 6.07) is 0. The molecule has 4 rings (SSSR count). The number of halogens is 2. The predicted molar refractivity (Wildman–Crippen MR) is 58.8 cm³/mol. The zero-order valence-corrected chi connectivity index (χ0v) is 10.7. The molecule has 0 aromatic carbocycles. The van der Waals surface area contributed by atoms with E-state index in [0.29, 0.717) is 30.8 Å². The van der Waals surface area contributed by atoms with Gasteiger partial charge in [-0.2, -0.15) is 0 Å². The monoisotopic (exact) mass is 320 g/mol. The molecule has 4 saturated carbocycles. The zero-order chi connectivity index (χ0) is 10.1. The highest BCUT2D eigenvalue weighted by Crippen LogP contribution is 2.60. The second kappa shape index (κ2) is 2.51. The smallest absolute Gasteiger partial charge is 0.152 e. The SMILES string of the molecule is O=C1[C@H]2C[C@@H]3C[C@@]1(Br)C[C@@](Br)(C2)C3=O. The Morgan fingerprint density at radius 3 is 1.79 bits per heavy atom. The number of ketones is 2. The normalized spacial score (nSPS) is 55.6. The molecule has 0 saturated heterocycles. The van der Waals surface area contributed by atoms with Crippen molar-refractivity contribution < 1.29 is 9.59 Å². The van der Waals surface area contributed by atoms with Gasteiger partial charge in [-0.3, -0.25) is 9.59 Å². The van der Waals surface area contributed by atoms with Crippen molar-refractivity contribution in [1.29, 1.82) is 0 Å². The summed E-state index contributed by atoms with van der Waals surface area (Å²) in [6.07, 6.45) is 2.87. The molecule has 4 bridgehead atoms. The number of carbonyl (C=O) groups excluding carboxylic acids is 2. The zero-order valence-electron chi connectivity index (χ0n) is 7.56. The molecule has 0 heterocycles. The van der Waals surface area contributed by atoms with Crippen LogP contribution in [0.25, 0.3) is 0 Å². The van der Waals surface area contributed by atoms with Gasteiger partial charge in [-0.05, 0) is 25.7 Å². The molecule has 0 radical (unpaired) electrons. The Labute approximate surface area is 99.1 Å². The van der Waals surface area contributed by atoms with Crippen LogP contribution in [0.2, 0.25) is 0 Å². The number of Topliss-reactive ketones (excluding diaryl/α,β-unsaturated/α-hetero) is 2. The maximum absolute atomic E-state index is 12.0. The Kier molecular flexibility index (Phi) is 1.71. The van der Waals surface area contributed by atoms with Gasteiger partial charge >= 0.3 is 0 Å². The highest BCUT2D eigenvalue weighted by molar-refractivity contribution is 9.11. The molecular formula is C10H10Br2O2. The Morgan fingerprint density at radius 2 is 1.43 bits per heavy atom. The van der Waals surface area contributed by atoms with E-state index in [1.165, 1.54) is 0 Å². The van der Waals surface area contributed by atoms with Crippen LogP contribution in [0, 0.1) is 11.8 Å². The van der Waals surface area contributed by atoms with E-state index < -0.39 is 8.65 Å². The number of carbonyl (C=O) groups is 2. The van der Waals surface area contributed by atoms with Gasteiger partial charge in [-0.15, -0.1) is 0 Å². The van der Waals surface area contributed by atoms with Crippen LogP contribution in [-0.4, -0.2) is 20.2 Å². The van der Waals surface area contributed by atoms with Crippen LogP contribution < -0.4 is 0 Å². The minimum Gasteiger partial charge on any atom is -0.298 e. The summed E-state index contributed by atoms with van der Waals surface area (Å²) in [5.74, 6) is 0.880. The minimum atomic E-state index is -0.393. The summed E-state index contributed by atoms with van der Waals surface area (Å²) >= 11 is 7.11. The lowest BCUT2D eigenvalue weighted by molar-refractivity contribution is -0.145. The number of rotatable bonds is 0. The van der Waals surface area contributed by atoms with Gasteiger partial charge in [0.2, 0.25) is 0 Å². The predicted octanol–water partition coefficient (Wildman–Crippen LogP) is 2.23. The van der Waals surface area contributed by atoms with Gasteiger partial charge in [0.25, 0.3) is 0 Å². The van der Waals surface area contributed by atoms with Crippen LogP contribution in [0.3, 0.4) is 0 Å². The molecule has 4 fully saturated rings. The van der Waals surface area contributed by atoms with Crippen LogP contribution in [-0.2, 0) is 9.59 Å². The van der Waals surface area contributed by atoms with Crippen LogP contribution in [0.4, 0.5) is 0 Å². The van der Waals surface area contributed by atoms with Gasteiger partial charge in [-0.1, -0.05) is 31.9 Å². The molecule has 4 atom stereocenters. The molecule has 0 unspecified atom stereocenters. The van der Waals surface area contributed by atoms with Crippen molar-refractivity contribution in [3.8, 4) is 0 Å². The van der Waals surface area contributed by atoms with Crippen molar-refractivity contribution in [3.05, 3.63) is 0 Å². The Bertz CT molecular complexity index is 322. The molecule has 14 heavy (non-hydrogen) atoms. The van der Waals surface area contributed by atoms with E-state index in [-0.39, 0.29) is 11.8 Å². The lowest BCUT2D eigenvalue weighted by atomic mass is 9.55. The van der Waals surface area contributed by atoms with Gasteiger partial charge in [0.1, 0.15) is 0 Å². The average Bonchev–Trinajstić information content (AvgIpc) is 2.06. The highest BCUT2D eigenvalue weighted by atomic mass is 79.9. The van der Waals surface area contributed by atoms with E-state index >= 15 is 0 Å². The highest BCUT2D eigenvalue weighted by Gasteiger charge is 2.65. The van der Waals surface area contributed by atoms with Crippen LogP contribution in [0.1, 0.15) is 25.7 Å². The summed E-state index contributed by atoms with van der Waals surface area (Å²) < 4.78 is -0.785. The molecule has 0 N–H and O–H groups in total. The fourth-order valence-electron chi connectivity index (χ4n) is 3.39. The first-order chi connectivity index (χ1) is 6.45. The van der Waals surface area contributed by atoms with E-state index in [1.807, 2.05) is 0 Å². The molecule has 4 aliphatic carbocycles. The molecule has 0 aromatic rings. The quantitative estimate of drug-likeness (QED) is 0.641. The van der Waals surface area contributed by atoms with Crippen LogP contribution in [0.15, 0.2) is 0 Å². The first-order valence-corrected chi connectivity index (χ1v) is 6.50. The van der Waals surface area contributed by atoms with E-state index in [2.05, 4.69) is 31.9 Å². The molecule has 76 valence electrons. The standard InChI is InChI=1S/C10H10Br2O2/c11-9-2-5-1-6(8(9)14)3-10(12,4-9)7(5)13/h5-6H,1-4H2/t5-,6+,9-,10+. The van der Waals surface area contributed by atoms with E-state index in [1.54, 1.807) is 0 Å². The third kappa shape index (κ3) is 0.967. The topological polar surface area (TPSA) is 34.1 Å². The largest absolute Gasteiger partial charge is 0.298 e. The summed E-state index contributed by atoms with van der Waals surface area (Å²) in [6.45, 7) is 0. The maximum Gasteiger partial charge on any atom is 0.152 e. The number of alkyl halides is 2. The van der Waals surface area contributed by atoms with Gasteiger partial charge in [-0.25, -0.2) is 0 Å². The Morgan fingerprint density at radius 1 is 1.00 bits per heavy atom. The lowest BCUT2D eigenvalue weighted by Crippen LogP contribution is -2.64. The van der Waals surface area contributed by atoms with E-state index in [9.17, 15) is 9.59 Å². The maximum atomic E-state index is 12.0. The number of hydrogen-bond acceptors (Lipinski definition) is 2. The molecule has 0 amide bonds. The fraction of sp³-hybridized carbons (Fsp3) is 0.800. The summed E-state index contributed by atoms with van der Waals surface area (Å²) in [4.78, 5) is 23.9. The van der Waals surface area contributed by atoms with Crippen molar-refractivity contribution in [2.24, 2.45) is 11.8 Å². The van der Waals surface area contributed by atoms with Crippen molar-refractivity contribution in [1.82, 2.24) is 0 Å². The molecule has 4 heteroatoms. The molecule has 2 nitrogen and oxygen atoms in total. The summed E-state index contributed by atoms with van der Waals surface area (Å²) in [5, 5.41) is 0. The average molecular weight is 322 g/mol. The molecule has 0 aromatic heterocycles. The third-order valence-corrected chi connectivity index (χ3v) is 5.88. The molecule has 4 aliphatic rings. The van der Waals surface area contributed by atoms with Gasteiger partial charge < -0.3 is 0 Å². The summed E-state index contributed by atoms with van der Waals surface area (Å²) in [5.41, 5.74) is 0. The van der Waals surface area contributed by atoms with E-state index in [4.69, 9.17) is 0 Å². The molecule has 0 spiro atoms. The van der Waals surface area contributed by atoms with Crippen molar-refractivity contribution in [2.75, 3.05) is 0 Å². The van der Waals surface area contributed by atoms with Crippen molar-refractivity contribution in [2.45, 2.75) is 34.3 Å². The van der Waals surface area contributed by atoms with Gasteiger partial charge in [0.05, 0.1) is 8.65 Å². The second-order valence-electron chi connectivity index (χ2n) is 4.87. The molecular weight excluding hydrogens is 312 g/mol. The van der Waals surface area contributed by atoms with Crippen LogP contribution >= 0.6 is 31.9 Å². The summed E-state index contributed by atoms with van der Waals surface area (Å²) in [7, 11) is 0. The molecule has 0 aliphatic heterocycles.